The van der Waals surface area contributed by atoms with Crippen LogP contribution in [0.5, 0.6) is 0 Å². The van der Waals surface area contributed by atoms with E-state index in [1.165, 1.54) is 16.5 Å². The third-order valence-corrected chi connectivity index (χ3v) is 8.91. The molecule has 1 aliphatic heterocycles. The van der Waals surface area contributed by atoms with E-state index in [0.29, 0.717) is 33.6 Å². The second-order valence-corrected chi connectivity index (χ2v) is 12.3. The van der Waals surface area contributed by atoms with Crippen LogP contribution in [0.15, 0.2) is 41.3 Å². The van der Waals surface area contributed by atoms with Crippen LogP contribution in [0, 0.1) is 26.2 Å². The minimum Gasteiger partial charge on any atom is -0.390 e. The van der Waals surface area contributed by atoms with Crippen LogP contribution in [0.1, 0.15) is 47.7 Å². The van der Waals surface area contributed by atoms with Gasteiger partial charge in [0, 0.05) is 41.7 Å². The maximum atomic E-state index is 13.9. The number of likely N-dealkylation sites (tertiary alicyclic amines) is 1. The molecule has 0 unspecified atom stereocenters. The Balaban J connectivity index is 1.34. The number of hydrogen-bond donors (Lipinski definition) is 2. The van der Waals surface area contributed by atoms with E-state index in [4.69, 9.17) is 0 Å². The van der Waals surface area contributed by atoms with Crippen LogP contribution in [0.25, 0.3) is 22.0 Å². The standard InChI is InChI=1S/C30H30BrN7O4/c1-14-6-7-22(31)34-28(14)35-29(42)26-27(41)30(5)10-21(30)38(26)23(40)13-37-25-15(2)8-18(19-11-32-17(4)33-12-19)9-20(25)24(36-37)16(3)39/h6-9,11-12,21,26-27,41H,10,13H2,1-5H3,(H,34,35,42)/t21-,26+,27-,30+/m1/s1. The number of piperidine rings is 1. The predicted octanol–water partition coefficient (Wildman–Crippen LogP) is 3.77. The summed E-state index contributed by atoms with van der Waals surface area (Å²) in [6, 6.07) is 6.02. The van der Waals surface area contributed by atoms with Gasteiger partial charge in [0.25, 0.3) is 5.91 Å². The van der Waals surface area contributed by atoms with Gasteiger partial charge in [0.05, 0.1) is 11.6 Å². The molecule has 3 aromatic heterocycles. The van der Waals surface area contributed by atoms with E-state index in [1.54, 1.807) is 18.5 Å². The molecule has 1 saturated heterocycles. The zero-order valence-corrected chi connectivity index (χ0v) is 25.4. The molecule has 0 radical (unpaired) electrons. The third-order valence-electron chi connectivity index (χ3n) is 8.47. The number of carbonyl (C=O) groups excluding carboxylic acids is 3. The Morgan fingerprint density at radius 3 is 2.50 bits per heavy atom. The third kappa shape index (κ3) is 4.58. The van der Waals surface area contributed by atoms with Gasteiger partial charge in [0.15, 0.2) is 5.78 Å². The van der Waals surface area contributed by atoms with Crippen LogP contribution in [-0.2, 0) is 16.1 Å². The number of hydrogen-bond acceptors (Lipinski definition) is 8. The first-order chi connectivity index (χ1) is 19.9. The summed E-state index contributed by atoms with van der Waals surface area (Å²) in [6.07, 6.45) is 3.01. The second-order valence-electron chi connectivity index (χ2n) is 11.5. The molecular formula is C30H30BrN7O4. The van der Waals surface area contributed by atoms with Gasteiger partial charge in [-0.15, -0.1) is 0 Å². The molecule has 6 rings (SSSR count). The number of ketones is 1. The van der Waals surface area contributed by atoms with Crippen molar-refractivity contribution in [3.8, 4) is 11.1 Å². The molecule has 42 heavy (non-hydrogen) atoms. The molecule has 2 N–H and O–H groups in total. The molecule has 1 saturated carbocycles. The molecule has 11 nitrogen and oxygen atoms in total. The van der Waals surface area contributed by atoms with Crippen molar-refractivity contribution in [1.29, 1.82) is 0 Å². The zero-order valence-electron chi connectivity index (χ0n) is 23.8. The summed E-state index contributed by atoms with van der Waals surface area (Å²) in [4.78, 5) is 54.5. The van der Waals surface area contributed by atoms with Gasteiger partial charge in [-0.2, -0.15) is 5.10 Å². The van der Waals surface area contributed by atoms with Gasteiger partial charge >= 0.3 is 0 Å². The van der Waals surface area contributed by atoms with E-state index in [-0.39, 0.29) is 30.0 Å². The largest absolute Gasteiger partial charge is 0.390 e. The Kier molecular flexibility index (Phi) is 6.73. The minimum atomic E-state index is -1.09. The van der Waals surface area contributed by atoms with Crippen molar-refractivity contribution in [2.75, 3.05) is 5.32 Å². The molecule has 2 aliphatic rings. The van der Waals surface area contributed by atoms with E-state index in [2.05, 4.69) is 41.3 Å². The highest BCUT2D eigenvalue weighted by Gasteiger charge is 2.70. The number of carbonyl (C=O) groups is 3. The van der Waals surface area contributed by atoms with Crippen molar-refractivity contribution in [2.45, 2.75) is 65.8 Å². The number of Topliss-reactive ketones (excluding diaryl/α,β-unsaturated/α-hetero) is 1. The smallest absolute Gasteiger partial charge is 0.251 e. The highest BCUT2D eigenvalue weighted by molar-refractivity contribution is 9.10. The molecule has 12 heteroatoms. The molecule has 4 atom stereocenters. The lowest BCUT2D eigenvalue weighted by molar-refractivity contribution is -0.141. The summed E-state index contributed by atoms with van der Waals surface area (Å²) in [6.45, 7) is 8.65. The number of nitrogens with one attached hydrogen (secondary N) is 1. The Morgan fingerprint density at radius 2 is 1.81 bits per heavy atom. The summed E-state index contributed by atoms with van der Waals surface area (Å²) in [7, 11) is 0. The van der Waals surface area contributed by atoms with Crippen molar-refractivity contribution >= 4 is 50.2 Å². The first kappa shape index (κ1) is 28.1. The Hall–Kier alpha value is -4.03. The lowest BCUT2D eigenvalue weighted by atomic mass is 9.97. The Bertz CT molecular complexity index is 1790. The zero-order chi connectivity index (χ0) is 30.1. The van der Waals surface area contributed by atoms with Crippen LogP contribution >= 0.6 is 15.9 Å². The monoisotopic (exact) mass is 631 g/mol. The van der Waals surface area contributed by atoms with Crippen molar-refractivity contribution < 1.29 is 19.5 Å². The van der Waals surface area contributed by atoms with E-state index >= 15 is 0 Å². The van der Waals surface area contributed by atoms with Crippen LogP contribution in [-0.4, -0.2) is 70.5 Å². The number of aliphatic hydroxyl groups excluding tert-OH is 1. The highest BCUT2D eigenvalue weighted by atomic mass is 79.9. The van der Waals surface area contributed by atoms with E-state index in [1.807, 2.05) is 45.9 Å². The first-order valence-corrected chi connectivity index (χ1v) is 14.4. The number of pyridine rings is 1. The number of halogens is 1. The van der Waals surface area contributed by atoms with Crippen molar-refractivity contribution in [1.82, 2.24) is 29.6 Å². The fourth-order valence-electron chi connectivity index (χ4n) is 6.04. The summed E-state index contributed by atoms with van der Waals surface area (Å²) in [5, 5.41) is 19.2. The number of fused-ring (bicyclic) bond motifs is 2. The number of rotatable bonds is 6. The first-order valence-electron chi connectivity index (χ1n) is 13.6. The van der Waals surface area contributed by atoms with Crippen LogP contribution in [0.4, 0.5) is 5.82 Å². The van der Waals surface area contributed by atoms with Crippen LogP contribution in [0.3, 0.4) is 0 Å². The Labute approximate surface area is 250 Å². The van der Waals surface area contributed by atoms with E-state index in [0.717, 1.165) is 22.3 Å². The molecule has 0 spiro atoms. The minimum absolute atomic E-state index is 0.200. The van der Waals surface area contributed by atoms with Gasteiger partial charge in [0.1, 0.15) is 34.5 Å². The lowest BCUT2D eigenvalue weighted by Gasteiger charge is -2.29. The number of benzene rings is 1. The molecule has 4 aromatic rings. The van der Waals surface area contributed by atoms with Gasteiger partial charge < -0.3 is 15.3 Å². The number of amides is 2. The summed E-state index contributed by atoms with van der Waals surface area (Å²) in [5.74, 6) is -0.0954. The van der Waals surface area contributed by atoms with E-state index < -0.39 is 23.5 Å². The summed E-state index contributed by atoms with van der Waals surface area (Å²) in [5.41, 5.74) is 3.52. The molecule has 216 valence electrons. The summed E-state index contributed by atoms with van der Waals surface area (Å²) >= 11 is 3.32. The van der Waals surface area contributed by atoms with Crippen molar-refractivity contribution in [2.24, 2.45) is 5.41 Å². The molecule has 1 aliphatic carbocycles. The quantitative estimate of drug-likeness (QED) is 0.242. The number of nitrogens with zero attached hydrogens (tertiary/aromatic N) is 6. The van der Waals surface area contributed by atoms with Gasteiger partial charge in [-0.25, -0.2) is 15.0 Å². The topological polar surface area (TPSA) is 143 Å². The highest BCUT2D eigenvalue weighted by Crippen LogP contribution is 2.59. The van der Waals surface area contributed by atoms with Gasteiger partial charge in [0.2, 0.25) is 5.91 Å². The molecular weight excluding hydrogens is 602 g/mol. The maximum absolute atomic E-state index is 13.9. The normalized spacial score (nSPS) is 22.7. The molecule has 1 aromatic carbocycles. The van der Waals surface area contributed by atoms with Crippen LogP contribution < -0.4 is 5.32 Å². The van der Waals surface area contributed by atoms with E-state index in [9.17, 15) is 19.5 Å². The number of aryl methyl sites for hydroxylation is 3. The molecule has 0 bridgehead atoms. The molecule has 2 fully saturated rings. The number of aliphatic hydroxyl groups is 1. The van der Waals surface area contributed by atoms with Gasteiger partial charge in [-0.1, -0.05) is 13.0 Å². The fraction of sp³-hybridized carbons (Fsp3) is 0.367. The second kappa shape index (κ2) is 10.1. The molecule has 4 heterocycles. The van der Waals surface area contributed by atoms with Crippen LogP contribution in [0.2, 0.25) is 0 Å². The summed E-state index contributed by atoms with van der Waals surface area (Å²) < 4.78 is 2.08. The van der Waals surface area contributed by atoms with Gasteiger partial charge in [-0.3, -0.25) is 19.1 Å². The number of aromatic nitrogens is 5. The average Bonchev–Trinajstić information content (AvgIpc) is 3.39. The van der Waals surface area contributed by atoms with Gasteiger partial charge in [-0.05, 0) is 78.0 Å². The Morgan fingerprint density at radius 1 is 1.10 bits per heavy atom. The van der Waals surface area contributed by atoms with Crippen molar-refractivity contribution in [3.05, 3.63) is 63.9 Å². The SMILES string of the molecule is CC(=O)c1nn(CC(=O)N2[C@H](C(=O)Nc3nc(Br)ccc3C)[C@@H](O)[C@@]3(C)C[C@@H]23)c2c(C)cc(-c3cnc(C)nc3)cc12. The maximum Gasteiger partial charge on any atom is 0.251 e. The number of anilines is 1. The predicted molar refractivity (Wildman–Crippen MR) is 159 cm³/mol. The molecule has 2 amide bonds. The van der Waals surface area contributed by atoms with Crippen molar-refractivity contribution in [3.63, 3.8) is 0 Å². The average molecular weight is 633 g/mol. The lowest BCUT2D eigenvalue weighted by Crippen LogP contribution is -2.51. The fourth-order valence-corrected chi connectivity index (χ4v) is 6.35.